The predicted octanol–water partition coefficient (Wildman–Crippen LogP) is 4.04. The highest BCUT2D eigenvalue weighted by Gasteiger charge is 2.36. The quantitative estimate of drug-likeness (QED) is 0.573. The molecule has 1 aromatic rings. The van der Waals surface area contributed by atoms with Crippen molar-refractivity contribution < 1.29 is 14.5 Å². The number of amides is 2. The van der Waals surface area contributed by atoms with E-state index in [-0.39, 0.29) is 28.1 Å². The fourth-order valence-electron chi connectivity index (χ4n) is 4.53. The first-order chi connectivity index (χ1) is 13.8. The topological polar surface area (TPSA) is 92.5 Å². The molecule has 7 nitrogen and oxygen atoms in total. The molecule has 1 heterocycles. The van der Waals surface area contributed by atoms with Crippen molar-refractivity contribution in [2.75, 3.05) is 13.1 Å². The second-order valence-corrected chi connectivity index (χ2v) is 8.90. The maximum absolute atomic E-state index is 13.2. The third-order valence-electron chi connectivity index (χ3n) is 6.23. The fourth-order valence-corrected chi connectivity index (χ4v) is 4.72. The van der Waals surface area contributed by atoms with Gasteiger partial charge >= 0.3 is 0 Å². The number of hydrogen-bond acceptors (Lipinski definition) is 4. The second kappa shape index (κ2) is 9.11. The molecule has 0 spiro atoms. The first-order valence-electron chi connectivity index (χ1n) is 10.3. The van der Waals surface area contributed by atoms with Gasteiger partial charge in [-0.25, -0.2) is 0 Å². The Bertz CT molecular complexity index is 798. The summed E-state index contributed by atoms with van der Waals surface area (Å²) in [6, 6.07) is 3.24. The minimum atomic E-state index is -0.669. The van der Waals surface area contributed by atoms with E-state index < -0.39 is 16.9 Å². The van der Waals surface area contributed by atoms with Gasteiger partial charge in [-0.2, -0.15) is 0 Å². The Kier molecular flexibility index (Phi) is 6.77. The van der Waals surface area contributed by atoms with Crippen LogP contribution in [0.5, 0.6) is 0 Å². The molecule has 2 amide bonds. The Morgan fingerprint density at radius 2 is 1.90 bits per heavy atom. The third kappa shape index (κ3) is 4.89. The van der Waals surface area contributed by atoms with E-state index in [1.54, 1.807) is 0 Å². The molecule has 0 aromatic heterocycles. The highest BCUT2D eigenvalue weighted by Crippen LogP contribution is 2.36. The Hall–Kier alpha value is -2.15. The number of halogens is 1. The van der Waals surface area contributed by atoms with Crippen molar-refractivity contribution in [2.45, 2.75) is 52.0 Å². The lowest BCUT2D eigenvalue weighted by atomic mass is 9.75. The molecule has 158 valence electrons. The molecule has 2 aliphatic rings. The summed E-state index contributed by atoms with van der Waals surface area (Å²) in [5, 5.41) is 13.8. The predicted molar refractivity (Wildman–Crippen MR) is 111 cm³/mol. The first-order valence-corrected chi connectivity index (χ1v) is 10.7. The van der Waals surface area contributed by atoms with E-state index in [0.29, 0.717) is 5.92 Å². The van der Waals surface area contributed by atoms with Crippen LogP contribution in [0, 0.1) is 27.9 Å². The Morgan fingerprint density at radius 1 is 1.21 bits per heavy atom. The second-order valence-electron chi connectivity index (χ2n) is 8.50. The number of piperidine rings is 1. The average Bonchev–Trinajstić information content (AvgIpc) is 2.70. The molecule has 1 saturated heterocycles. The summed E-state index contributed by atoms with van der Waals surface area (Å²) in [6.45, 7) is 5.27. The van der Waals surface area contributed by atoms with Crippen LogP contribution >= 0.6 is 11.6 Å². The maximum atomic E-state index is 13.2. The number of benzene rings is 1. The zero-order valence-electron chi connectivity index (χ0n) is 16.9. The molecule has 0 radical (unpaired) electrons. The highest BCUT2D eigenvalue weighted by molar-refractivity contribution is 6.32. The summed E-state index contributed by atoms with van der Waals surface area (Å²) in [7, 11) is 0. The van der Waals surface area contributed by atoms with Gasteiger partial charge < -0.3 is 10.2 Å². The lowest BCUT2D eigenvalue weighted by Gasteiger charge is -2.42. The number of likely N-dealkylation sites (tertiary alicyclic amines) is 1. The van der Waals surface area contributed by atoms with Crippen molar-refractivity contribution in [3.63, 3.8) is 0 Å². The van der Waals surface area contributed by atoms with Gasteiger partial charge in [0.25, 0.3) is 11.6 Å². The van der Waals surface area contributed by atoms with E-state index in [1.807, 2.05) is 18.7 Å². The smallest absolute Gasteiger partial charge is 0.288 e. The number of carbonyl (C=O) groups is 2. The van der Waals surface area contributed by atoms with Gasteiger partial charge in [-0.05, 0) is 42.7 Å². The van der Waals surface area contributed by atoms with Gasteiger partial charge in [0, 0.05) is 24.7 Å². The van der Waals surface area contributed by atoms with Gasteiger partial charge in [0.1, 0.15) is 11.1 Å². The zero-order valence-corrected chi connectivity index (χ0v) is 17.7. The van der Waals surface area contributed by atoms with Crippen molar-refractivity contribution in [2.24, 2.45) is 17.8 Å². The molecule has 8 heteroatoms. The number of nitrogens with one attached hydrogen (secondary N) is 1. The van der Waals surface area contributed by atoms with Crippen molar-refractivity contribution in [3.8, 4) is 0 Å². The molecule has 0 bridgehead atoms. The van der Waals surface area contributed by atoms with Crippen molar-refractivity contribution in [1.82, 2.24) is 10.2 Å². The van der Waals surface area contributed by atoms with Crippen LogP contribution < -0.4 is 5.32 Å². The number of rotatable bonds is 5. The molecule has 2 fully saturated rings. The zero-order chi connectivity index (χ0) is 21.1. The molecule has 1 N–H and O–H groups in total. The summed E-state index contributed by atoms with van der Waals surface area (Å²) in [6.07, 6.45) is 5.96. The Balaban J connectivity index is 1.71. The van der Waals surface area contributed by atoms with E-state index >= 15 is 0 Å². The SMILES string of the molecule is CC(C)[C@H](NC(=O)c1ccc(Cl)c([N+](=O)[O-])c1)C(=O)N1CC[C@H]2CCCC[C@H]2C1. The Labute approximate surface area is 175 Å². The van der Waals surface area contributed by atoms with E-state index in [2.05, 4.69) is 5.32 Å². The molecule has 0 unspecified atom stereocenters. The van der Waals surface area contributed by atoms with Crippen molar-refractivity contribution >= 4 is 29.1 Å². The summed E-state index contributed by atoms with van der Waals surface area (Å²) in [5.41, 5.74) is -0.211. The summed E-state index contributed by atoms with van der Waals surface area (Å²) < 4.78 is 0. The summed E-state index contributed by atoms with van der Waals surface area (Å²) in [5.74, 6) is 0.599. The lowest BCUT2D eigenvalue weighted by molar-refractivity contribution is -0.384. The molecule has 3 rings (SSSR count). The summed E-state index contributed by atoms with van der Waals surface area (Å²) in [4.78, 5) is 38.3. The molecule has 29 heavy (non-hydrogen) atoms. The van der Waals surface area contributed by atoms with Crippen LogP contribution in [0.25, 0.3) is 0 Å². The van der Waals surface area contributed by atoms with E-state index in [1.165, 1.54) is 37.8 Å². The number of nitro groups is 1. The van der Waals surface area contributed by atoms with Crippen molar-refractivity contribution in [3.05, 3.63) is 38.9 Å². The number of hydrogen-bond donors (Lipinski definition) is 1. The van der Waals surface area contributed by atoms with Crippen LogP contribution in [0.3, 0.4) is 0 Å². The third-order valence-corrected chi connectivity index (χ3v) is 6.55. The number of carbonyl (C=O) groups excluding carboxylic acids is 2. The molecular weight excluding hydrogens is 394 g/mol. The number of nitro benzene ring substituents is 1. The standard InChI is InChI=1S/C21H28ClN3O4/c1-13(2)19(21(27)24-10-9-14-5-3-4-6-16(14)12-24)23-20(26)15-7-8-17(22)18(11-15)25(28)29/h7-8,11,13-14,16,19H,3-6,9-10,12H2,1-2H3,(H,23,26)/t14-,16+,19+/m1/s1. The van der Waals surface area contributed by atoms with Crippen LogP contribution in [0.2, 0.25) is 5.02 Å². The first kappa shape index (κ1) is 21.6. The molecular formula is C21H28ClN3O4. The van der Waals surface area contributed by atoms with Crippen LogP contribution in [0.4, 0.5) is 5.69 Å². The fraction of sp³-hybridized carbons (Fsp3) is 0.619. The van der Waals surface area contributed by atoms with E-state index in [9.17, 15) is 19.7 Å². The largest absolute Gasteiger partial charge is 0.341 e. The molecule has 1 aromatic carbocycles. The van der Waals surface area contributed by atoms with Crippen LogP contribution in [0.1, 0.15) is 56.3 Å². The van der Waals surface area contributed by atoms with Gasteiger partial charge in [-0.3, -0.25) is 19.7 Å². The number of fused-ring (bicyclic) bond motifs is 1. The average molecular weight is 422 g/mol. The monoisotopic (exact) mass is 421 g/mol. The van der Waals surface area contributed by atoms with E-state index in [0.717, 1.165) is 31.5 Å². The van der Waals surface area contributed by atoms with Gasteiger partial charge in [-0.15, -0.1) is 0 Å². The lowest BCUT2D eigenvalue weighted by Crippen LogP contribution is -2.54. The van der Waals surface area contributed by atoms with Crippen molar-refractivity contribution in [1.29, 1.82) is 0 Å². The van der Waals surface area contributed by atoms with E-state index in [4.69, 9.17) is 11.6 Å². The Morgan fingerprint density at radius 3 is 2.55 bits per heavy atom. The van der Waals surface area contributed by atoms with Gasteiger partial charge in [0.2, 0.25) is 5.91 Å². The van der Waals surface area contributed by atoms with Crippen LogP contribution in [0.15, 0.2) is 18.2 Å². The minimum Gasteiger partial charge on any atom is -0.341 e. The molecule has 3 atom stereocenters. The normalized spacial score (nSPS) is 22.7. The molecule has 1 aliphatic heterocycles. The van der Waals surface area contributed by atoms with Crippen LogP contribution in [-0.2, 0) is 4.79 Å². The minimum absolute atomic E-state index is 0.0293. The van der Waals surface area contributed by atoms with Gasteiger partial charge in [0.05, 0.1) is 4.92 Å². The summed E-state index contributed by atoms with van der Waals surface area (Å²) >= 11 is 5.83. The molecule has 1 aliphatic carbocycles. The van der Waals surface area contributed by atoms with Crippen LogP contribution in [-0.4, -0.2) is 40.8 Å². The van der Waals surface area contributed by atoms with Gasteiger partial charge in [-0.1, -0.05) is 44.7 Å². The molecule has 1 saturated carbocycles. The van der Waals surface area contributed by atoms with Gasteiger partial charge in [0.15, 0.2) is 0 Å². The highest BCUT2D eigenvalue weighted by atomic mass is 35.5. The number of nitrogens with zero attached hydrogens (tertiary/aromatic N) is 2. The maximum Gasteiger partial charge on any atom is 0.288 e.